The summed E-state index contributed by atoms with van der Waals surface area (Å²) in [4.78, 5) is 0. The lowest BCUT2D eigenvalue weighted by Gasteiger charge is -2.09. The topological polar surface area (TPSA) is 46.2 Å². The van der Waals surface area contributed by atoms with Crippen molar-refractivity contribution in [1.82, 2.24) is 0 Å². The second-order valence-electron chi connectivity index (χ2n) is 3.89. The summed E-state index contributed by atoms with van der Waals surface area (Å²) in [6.45, 7) is 4.52. The largest absolute Gasteiger partial charge is 0.508 e. The summed E-state index contributed by atoms with van der Waals surface area (Å²) in [6, 6.07) is 11.4. The first-order valence-electron chi connectivity index (χ1n) is 6.48. The Morgan fingerprint density at radius 3 is 2.47 bits per heavy atom. The van der Waals surface area contributed by atoms with Gasteiger partial charge in [-0.1, -0.05) is 32.0 Å². The van der Waals surface area contributed by atoms with Gasteiger partial charge in [0.15, 0.2) is 0 Å². The zero-order valence-corrected chi connectivity index (χ0v) is 11.4. The normalized spacial score (nSPS) is 9.68. The minimum absolute atomic E-state index is 0.171. The second kappa shape index (κ2) is 7.54. The maximum Gasteiger partial charge on any atom is 0.123 e. The number of nitrogens with two attached hydrogens (primary N) is 1. The molecule has 0 unspecified atom stereocenters. The van der Waals surface area contributed by atoms with Crippen molar-refractivity contribution in [2.75, 3.05) is 6.54 Å². The maximum absolute atomic E-state index is 13.2. The Balaban J connectivity index is 0.000000861. The molecule has 0 saturated heterocycles. The first-order chi connectivity index (χ1) is 9.20. The van der Waals surface area contributed by atoms with Gasteiger partial charge in [-0.15, -0.1) is 0 Å². The summed E-state index contributed by atoms with van der Waals surface area (Å²) in [5.74, 6) is -0.116. The SMILES string of the molecule is CC.NCCc1ccc(O)cc1-c1cccc(F)c1. The van der Waals surface area contributed by atoms with Gasteiger partial charge in [0.1, 0.15) is 11.6 Å². The van der Waals surface area contributed by atoms with E-state index in [4.69, 9.17) is 5.73 Å². The van der Waals surface area contributed by atoms with E-state index in [1.807, 2.05) is 26.0 Å². The first kappa shape index (κ1) is 15.2. The lowest BCUT2D eigenvalue weighted by molar-refractivity contribution is 0.475. The van der Waals surface area contributed by atoms with Crippen LogP contribution in [0, 0.1) is 5.82 Å². The quantitative estimate of drug-likeness (QED) is 0.884. The molecule has 3 N–H and O–H groups in total. The summed E-state index contributed by atoms with van der Waals surface area (Å²) in [6.07, 6.45) is 0.701. The Labute approximate surface area is 113 Å². The molecule has 2 rings (SSSR count). The molecule has 0 bridgehead atoms. The molecule has 3 heteroatoms. The lowest BCUT2D eigenvalue weighted by atomic mass is 9.97. The maximum atomic E-state index is 13.2. The third kappa shape index (κ3) is 4.07. The number of halogens is 1. The van der Waals surface area contributed by atoms with Gasteiger partial charge in [-0.05, 0) is 53.9 Å². The van der Waals surface area contributed by atoms with Crippen molar-refractivity contribution in [3.63, 3.8) is 0 Å². The highest BCUT2D eigenvalue weighted by Gasteiger charge is 2.06. The van der Waals surface area contributed by atoms with Gasteiger partial charge in [0.25, 0.3) is 0 Å². The molecule has 2 aromatic carbocycles. The van der Waals surface area contributed by atoms with Crippen LogP contribution in [0.4, 0.5) is 4.39 Å². The fraction of sp³-hybridized carbons (Fsp3) is 0.250. The summed E-state index contributed by atoms with van der Waals surface area (Å²) in [7, 11) is 0. The summed E-state index contributed by atoms with van der Waals surface area (Å²) in [5.41, 5.74) is 8.13. The molecule has 19 heavy (non-hydrogen) atoms. The minimum atomic E-state index is -0.287. The fourth-order valence-corrected chi connectivity index (χ4v) is 1.86. The van der Waals surface area contributed by atoms with E-state index in [0.717, 1.165) is 16.7 Å². The van der Waals surface area contributed by atoms with Gasteiger partial charge in [0, 0.05) is 0 Å². The molecule has 2 nitrogen and oxygen atoms in total. The molecule has 2 aromatic rings. The molecule has 0 atom stereocenters. The van der Waals surface area contributed by atoms with Gasteiger partial charge < -0.3 is 10.8 Å². The number of aromatic hydroxyl groups is 1. The average molecular weight is 261 g/mol. The number of hydrogen-bond acceptors (Lipinski definition) is 2. The van der Waals surface area contributed by atoms with Crippen molar-refractivity contribution >= 4 is 0 Å². The standard InChI is InChI=1S/C14H14FNO.C2H6/c15-12-3-1-2-11(8-12)14-9-13(17)5-4-10(14)6-7-16;1-2/h1-5,8-9,17H,6-7,16H2;1-2H3. The van der Waals surface area contributed by atoms with Crippen LogP contribution in [0.25, 0.3) is 11.1 Å². The Hall–Kier alpha value is -1.87. The smallest absolute Gasteiger partial charge is 0.123 e. The molecule has 0 heterocycles. The van der Waals surface area contributed by atoms with Crippen molar-refractivity contribution in [3.05, 3.63) is 53.8 Å². The summed E-state index contributed by atoms with van der Waals surface area (Å²) in [5, 5.41) is 9.51. The molecule has 0 fully saturated rings. The third-order valence-electron chi connectivity index (χ3n) is 2.64. The molecule has 0 spiro atoms. The number of rotatable bonds is 3. The van der Waals surface area contributed by atoms with E-state index in [1.54, 1.807) is 18.2 Å². The number of benzene rings is 2. The van der Waals surface area contributed by atoms with Gasteiger partial charge in [-0.25, -0.2) is 4.39 Å². The number of phenolic OH excluding ortho intramolecular Hbond substituents is 1. The van der Waals surface area contributed by atoms with Crippen LogP contribution < -0.4 is 5.73 Å². The molecule has 0 amide bonds. The van der Waals surface area contributed by atoms with Crippen LogP contribution >= 0.6 is 0 Å². The highest BCUT2D eigenvalue weighted by molar-refractivity contribution is 5.69. The van der Waals surface area contributed by atoms with E-state index < -0.39 is 0 Å². The van der Waals surface area contributed by atoms with Crippen molar-refractivity contribution in [2.24, 2.45) is 5.73 Å². The number of hydrogen-bond donors (Lipinski definition) is 2. The molecule has 0 radical (unpaired) electrons. The van der Waals surface area contributed by atoms with E-state index in [2.05, 4.69) is 0 Å². The van der Waals surface area contributed by atoms with Crippen LogP contribution in [-0.2, 0) is 6.42 Å². The summed E-state index contributed by atoms with van der Waals surface area (Å²) < 4.78 is 13.2. The van der Waals surface area contributed by atoms with E-state index in [0.29, 0.717) is 13.0 Å². The molecule has 0 aliphatic carbocycles. The summed E-state index contributed by atoms with van der Waals surface area (Å²) >= 11 is 0. The molecular weight excluding hydrogens is 241 g/mol. The zero-order chi connectivity index (χ0) is 14.3. The predicted octanol–water partition coefficient (Wildman–Crippen LogP) is 3.73. The van der Waals surface area contributed by atoms with E-state index in [9.17, 15) is 9.50 Å². The van der Waals surface area contributed by atoms with Crippen LogP contribution in [0.5, 0.6) is 5.75 Å². The molecule has 0 aromatic heterocycles. The van der Waals surface area contributed by atoms with Crippen molar-refractivity contribution in [3.8, 4) is 16.9 Å². The highest BCUT2D eigenvalue weighted by Crippen LogP contribution is 2.28. The van der Waals surface area contributed by atoms with E-state index >= 15 is 0 Å². The fourth-order valence-electron chi connectivity index (χ4n) is 1.86. The van der Waals surface area contributed by atoms with Crippen LogP contribution in [0.3, 0.4) is 0 Å². The Kier molecular flexibility index (Phi) is 6.03. The number of phenols is 1. The van der Waals surface area contributed by atoms with Gasteiger partial charge in [0.05, 0.1) is 0 Å². The van der Waals surface area contributed by atoms with Crippen LogP contribution in [0.2, 0.25) is 0 Å². The van der Waals surface area contributed by atoms with Gasteiger partial charge >= 0.3 is 0 Å². The van der Waals surface area contributed by atoms with Gasteiger partial charge in [-0.3, -0.25) is 0 Å². The van der Waals surface area contributed by atoms with Crippen LogP contribution in [0.1, 0.15) is 19.4 Å². The minimum Gasteiger partial charge on any atom is -0.508 e. The average Bonchev–Trinajstić information content (AvgIpc) is 2.43. The Bertz CT molecular complexity index is 526. The van der Waals surface area contributed by atoms with Gasteiger partial charge in [0.2, 0.25) is 0 Å². The molecule has 0 aliphatic heterocycles. The van der Waals surface area contributed by atoms with Gasteiger partial charge in [-0.2, -0.15) is 0 Å². The van der Waals surface area contributed by atoms with E-state index in [1.165, 1.54) is 12.1 Å². The lowest BCUT2D eigenvalue weighted by Crippen LogP contribution is -2.03. The third-order valence-corrected chi connectivity index (χ3v) is 2.64. The Morgan fingerprint density at radius 2 is 1.84 bits per heavy atom. The molecule has 102 valence electrons. The second-order valence-corrected chi connectivity index (χ2v) is 3.89. The Morgan fingerprint density at radius 1 is 1.11 bits per heavy atom. The van der Waals surface area contributed by atoms with Crippen LogP contribution in [0.15, 0.2) is 42.5 Å². The molecule has 0 saturated carbocycles. The van der Waals surface area contributed by atoms with E-state index in [-0.39, 0.29) is 11.6 Å². The van der Waals surface area contributed by atoms with Crippen LogP contribution in [-0.4, -0.2) is 11.7 Å². The van der Waals surface area contributed by atoms with Crippen molar-refractivity contribution in [1.29, 1.82) is 0 Å². The predicted molar refractivity (Wildman–Crippen MR) is 77.6 cm³/mol. The van der Waals surface area contributed by atoms with Crippen molar-refractivity contribution in [2.45, 2.75) is 20.3 Å². The molecular formula is C16H20FNO. The first-order valence-corrected chi connectivity index (χ1v) is 6.48. The highest BCUT2D eigenvalue weighted by atomic mass is 19.1. The zero-order valence-electron chi connectivity index (χ0n) is 11.4. The molecule has 0 aliphatic rings. The van der Waals surface area contributed by atoms with Crippen molar-refractivity contribution < 1.29 is 9.50 Å². The monoisotopic (exact) mass is 261 g/mol.